The maximum atomic E-state index is 6.06. The fourth-order valence-electron chi connectivity index (χ4n) is 1.53. The Bertz CT molecular complexity index is 142. The van der Waals surface area contributed by atoms with Crippen LogP contribution in [0.2, 0.25) is 0 Å². The van der Waals surface area contributed by atoms with E-state index in [1.165, 1.54) is 0 Å². The van der Waals surface area contributed by atoms with Crippen molar-refractivity contribution < 1.29 is 4.74 Å². The van der Waals surface area contributed by atoms with Crippen molar-refractivity contribution in [3.8, 4) is 0 Å². The summed E-state index contributed by atoms with van der Waals surface area (Å²) in [6.07, 6.45) is 4.56. The van der Waals surface area contributed by atoms with E-state index in [2.05, 4.69) is 27.7 Å². The third kappa shape index (κ3) is 4.18. The van der Waals surface area contributed by atoms with E-state index in [0.717, 1.165) is 31.6 Å². The highest BCUT2D eigenvalue weighted by atomic mass is 35.5. The first-order chi connectivity index (χ1) is 6.45. The maximum Gasteiger partial charge on any atom is 0.0623 e. The van der Waals surface area contributed by atoms with Crippen LogP contribution in [0.15, 0.2) is 0 Å². The van der Waals surface area contributed by atoms with Crippen LogP contribution >= 0.6 is 11.6 Å². The van der Waals surface area contributed by atoms with Gasteiger partial charge in [-0.2, -0.15) is 0 Å². The van der Waals surface area contributed by atoms with E-state index < -0.39 is 0 Å². The summed E-state index contributed by atoms with van der Waals surface area (Å²) in [4.78, 5) is 0. The highest BCUT2D eigenvalue weighted by molar-refractivity contribution is 6.18. The van der Waals surface area contributed by atoms with Gasteiger partial charge in [0.1, 0.15) is 0 Å². The summed E-state index contributed by atoms with van der Waals surface area (Å²) >= 11 is 6.06. The lowest BCUT2D eigenvalue weighted by Crippen LogP contribution is -2.28. The number of methoxy groups -OCH3 is 1. The second-order valence-electron chi connectivity index (χ2n) is 4.80. The molecule has 0 fully saturated rings. The Morgan fingerprint density at radius 1 is 1.07 bits per heavy atom. The van der Waals surface area contributed by atoms with Gasteiger partial charge in [0.05, 0.1) is 5.60 Å². The molecular formula is C12H25ClO. The Kier molecular flexibility index (Phi) is 6.08. The second-order valence-corrected chi connectivity index (χ2v) is 5.07. The smallest absolute Gasteiger partial charge is 0.0623 e. The molecular weight excluding hydrogens is 196 g/mol. The molecule has 0 saturated carbocycles. The number of alkyl halides is 1. The summed E-state index contributed by atoms with van der Waals surface area (Å²) in [6, 6.07) is 0. The first-order valence-corrected chi connectivity index (χ1v) is 6.10. The van der Waals surface area contributed by atoms with E-state index in [0.29, 0.717) is 5.41 Å². The highest BCUT2D eigenvalue weighted by Gasteiger charge is 2.28. The number of hydrogen-bond donors (Lipinski definition) is 0. The first kappa shape index (κ1) is 14.2. The van der Waals surface area contributed by atoms with E-state index in [4.69, 9.17) is 16.3 Å². The molecule has 0 aliphatic carbocycles. The van der Waals surface area contributed by atoms with Gasteiger partial charge in [-0.15, -0.1) is 11.6 Å². The monoisotopic (exact) mass is 220 g/mol. The van der Waals surface area contributed by atoms with Gasteiger partial charge in [0.2, 0.25) is 0 Å². The normalized spacial score (nSPS) is 13.3. The number of halogens is 1. The van der Waals surface area contributed by atoms with Crippen LogP contribution in [0.1, 0.15) is 53.4 Å². The molecule has 0 aliphatic heterocycles. The van der Waals surface area contributed by atoms with Crippen LogP contribution in [0, 0.1) is 5.41 Å². The van der Waals surface area contributed by atoms with E-state index in [1.54, 1.807) is 7.11 Å². The van der Waals surface area contributed by atoms with E-state index in [9.17, 15) is 0 Å². The third-order valence-corrected chi connectivity index (χ3v) is 4.16. The molecule has 0 aliphatic rings. The Morgan fingerprint density at radius 3 is 1.86 bits per heavy atom. The molecule has 0 aromatic rings. The van der Waals surface area contributed by atoms with Gasteiger partial charge in [-0.05, 0) is 44.9 Å². The molecule has 0 amide bonds. The molecule has 86 valence electrons. The fourth-order valence-corrected chi connectivity index (χ4v) is 2.04. The standard InChI is InChI=1S/C12H25ClO/c1-6-12(7-2,10-13)9-8-11(3,4)14-5/h6-10H2,1-5H3. The number of hydrogen-bond acceptors (Lipinski definition) is 1. The van der Waals surface area contributed by atoms with Crippen LogP contribution < -0.4 is 0 Å². The highest BCUT2D eigenvalue weighted by Crippen LogP contribution is 2.35. The molecule has 0 radical (unpaired) electrons. The van der Waals surface area contributed by atoms with Crippen LogP contribution in [-0.2, 0) is 4.74 Å². The number of rotatable bonds is 7. The Hall–Kier alpha value is 0.250. The van der Waals surface area contributed by atoms with Crippen molar-refractivity contribution in [2.75, 3.05) is 13.0 Å². The Balaban J connectivity index is 4.19. The van der Waals surface area contributed by atoms with Crippen LogP contribution in [0.25, 0.3) is 0 Å². The molecule has 0 saturated heterocycles. The largest absolute Gasteiger partial charge is 0.379 e. The average Bonchev–Trinajstić information content (AvgIpc) is 2.21. The minimum Gasteiger partial charge on any atom is -0.379 e. The minimum atomic E-state index is -0.0123. The van der Waals surface area contributed by atoms with Gasteiger partial charge in [0, 0.05) is 13.0 Å². The van der Waals surface area contributed by atoms with E-state index in [-0.39, 0.29) is 5.60 Å². The van der Waals surface area contributed by atoms with Crippen molar-refractivity contribution in [2.24, 2.45) is 5.41 Å². The fraction of sp³-hybridized carbons (Fsp3) is 1.00. The van der Waals surface area contributed by atoms with Crippen molar-refractivity contribution in [3.05, 3.63) is 0 Å². The molecule has 0 aromatic carbocycles. The summed E-state index contributed by atoms with van der Waals surface area (Å²) < 4.78 is 5.42. The van der Waals surface area contributed by atoms with Gasteiger partial charge < -0.3 is 4.74 Å². The molecule has 2 heteroatoms. The molecule has 0 unspecified atom stereocenters. The molecule has 0 N–H and O–H groups in total. The molecule has 0 heterocycles. The molecule has 14 heavy (non-hydrogen) atoms. The molecule has 0 bridgehead atoms. The van der Waals surface area contributed by atoms with Gasteiger partial charge in [-0.25, -0.2) is 0 Å². The summed E-state index contributed by atoms with van der Waals surface area (Å²) in [6.45, 7) is 8.73. The predicted molar refractivity (Wildman–Crippen MR) is 64.1 cm³/mol. The van der Waals surface area contributed by atoms with Crippen molar-refractivity contribution in [2.45, 2.75) is 59.0 Å². The average molecular weight is 221 g/mol. The van der Waals surface area contributed by atoms with Crippen LogP contribution in [0.3, 0.4) is 0 Å². The Morgan fingerprint density at radius 2 is 1.57 bits per heavy atom. The SMILES string of the molecule is CCC(CC)(CCl)CCC(C)(C)OC. The van der Waals surface area contributed by atoms with Crippen LogP contribution in [-0.4, -0.2) is 18.6 Å². The molecule has 0 spiro atoms. The van der Waals surface area contributed by atoms with E-state index in [1.807, 2.05) is 0 Å². The zero-order chi connectivity index (χ0) is 11.2. The quantitative estimate of drug-likeness (QED) is 0.584. The Labute approximate surface area is 94.2 Å². The topological polar surface area (TPSA) is 9.23 Å². The van der Waals surface area contributed by atoms with Gasteiger partial charge in [0.25, 0.3) is 0 Å². The van der Waals surface area contributed by atoms with Crippen molar-refractivity contribution in [1.29, 1.82) is 0 Å². The van der Waals surface area contributed by atoms with E-state index >= 15 is 0 Å². The minimum absolute atomic E-state index is 0.0123. The molecule has 0 rings (SSSR count). The lowest BCUT2D eigenvalue weighted by molar-refractivity contribution is 0.00426. The van der Waals surface area contributed by atoms with Crippen LogP contribution in [0.4, 0.5) is 0 Å². The van der Waals surface area contributed by atoms with Gasteiger partial charge >= 0.3 is 0 Å². The zero-order valence-electron chi connectivity index (χ0n) is 10.3. The molecule has 0 aromatic heterocycles. The summed E-state index contributed by atoms with van der Waals surface area (Å²) in [7, 11) is 1.78. The lowest BCUT2D eigenvalue weighted by Gasteiger charge is -2.33. The molecule has 0 atom stereocenters. The maximum absolute atomic E-state index is 6.06. The lowest BCUT2D eigenvalue weighted by atomic mass is 9.78. The van der Waals surface area contributed by atoms with Crippen molar-refractivity contribution in [3.63, 3.8) is 0 Å². The van der Waals surface area contributed by atoms with Gasteiger partial charge in [0.15, 0.2) is 0 Å². The summed E-state index contributed by atoms with van der Waals surface area (Å²) in [5.41, 5.74) is 0.305. The zero-order valence-corrected chi connectivity index (χ0v) is 11.1. The first-order valence-electron chi connectivity index (χ1n) is 5.56. The summed E-state index contributed by atoms with van der Waals surface area (Å²) in [5.74, 6) is 0.764. The number of ether oxygens (including phenoxy) is 1. The third-order valence-electron chi connectivity index (χ3n) is 3.59. The molecule has 1 nitrogen and oxygen atoms in total. The van der Waals surface area contributed by atoms with Gasteiger partial charge in [-0.1, -0.05) is 13.8 Å². The summed E-state index contributed by atoms with van der Waals surface area (Å²) in [5, 5.41) is 0. The van der Waals surface area contributed by atoms with Crippen molar-refractivity contribution >= 4 is 11.6 Å². The predicted octanol–water partition coefficient (Wildman–Crippen LogP) is 4.24. The van der Waals surface area contributed by atoms with Crippen LogP contribution in [0.5, 0.6) is 0 Å². The van der Waals surface area contributed by atoms with Crippen molar-refractivity contribution in [1.82, 2.24) is 0 Å². The van der Waals surface area contributed by atoms with Gasteiger partial charge in [-0.3, -0.25) is 0 Å². The second kappa shape index (κ2) is 5.97.